The van der Waals surface area contributed by atoms with Crippen LogP contribution in [-0.4, -0.2) is 28.1 Å². The zero-order chi connectivity index (χ0) is 12.4. The molecule has 2 aromatic rings. The first-order valence-electron chi connectivity index (χ1n) is 5.23. The molecule has 0 spiro atoms. The maximum atomic E-state index is 11.2. The number of esters is 1. The zero-order valence-corrected chi connectivity index (χ0v) is 9.93. The van der Waals surface area contributed by atoms with E-state index in [2.05, 4.69) is 10.3 Å². The molecule has 6 nitrogen and oxygen atoms in total. The van der Waals surface area contributed by atoms with Crippen LogP contribution in [0.25, 0.3) is 11.0 Å². The number of ether oxygens (including phenoxy) is 2. The maximum Gasteiger partial charge on any atom is 0.310 e. The van der Waals surface area contributed by atoms with E-state index in [0.717, 1.165) is 5.52 Å². The molecule has 0 saturated heterocycles. The second-order valence-electron chi connectivity index (χ2n) is 3.53. The van der Waals surface area contributed by atoms with Crippen molar-refractivity contribution in [2.75, 3.05) is 7.11 Å². The summed E-state index contributed by atoms with van der Waals surface area (Å²) < 4.78 is 12.0. The number of aromatic nitrogens is 3. The van der Waals surface area contributed by atoms with Gasteiger partial charge in [0.15, 0.2) is 0 Å². The Morgan fingerprint density at radius 2 is 2.24 bits per heavy atom. The molecule has 0 fully saturated rings. The molecule has 0 N–H and O–H groups in total. The molecule has 0 aliphatic carbocycles. The molecule has 1 heterocycles. The van der Waals surface area contributed by atoms with Crippen LogP contribution < -0.4 is 9.47 Å². The lowest BCUT2D eigenvalue weighted by atomic mass is 10.2. The topological polar surface area (TPSA) is 66.2 Å². The summed E-state index contributed by atoms with van der Waals surface area (Å²) in [5.41, 5.74) is 1.40. The lowest BCUT2D eigenvalue weighted by Gasteiger charge is -2.06. The van der Waals surface area contributed by atoms with Gasteiger partial charge in [-0.25, -0.2) is 4.68 Å². The van der Waals surface area contributed by atoms with Gasteiger partial charge in [-0.1, -0.05) is 12.1 Å². The van der Waals surface area contributed by atoms with Crippen LogP contribution in [-0.2, 0) is 11.8 Å². The average molecular weight is 235 g/mol. The summed E-state index contributed by atoms with van der Waals surface area (Å²) in [5.74, 6) is 0.700. The van der Waals surface area contributed by atoms with Gasteiger partial charge in [0.05, 0.1) is 7.11 Å². The van der Waals surface area contributed by atoms with E-state index in [9.17, 15) is 4.79 Å². The van der Waals surface area contributed by atoms with Crippen LogP contribution in [0.3, 0.4) is 0 Å². The third-order valence-electron chi connectivity index (χ3n) is 2.38. The summed E-state index contributed by atoms with van der Waals surface area (Å²) in [5, 5.41) is 7.85. The van der Waals surface area contributed by atoms with E-state index in [-0.39, 0.29) is 5.97 Å². The molecule has 17 heavy (non-hydrogen) atoms. The Bertz CT molecular complexity index is 562. The van der Waals surface area contributed by atoms with Crippen molar-refractivity contribution in [1.29, 1.82) is 0 Å². The lowest BCUT2D eigenvalue weighted by molar-refractivity contribution is -0.134. The minimum Gasteiger partial charge on any atom is -0.494 e. The number of hydrogen-bond donors (Lipinski definition) is 0. The lowest BCUT2D eigenvalue weighted by Crippen LogP contribution is -2.05. The highest BCUT2D eigenvalue weighted by Gasteiger charge is 2.12. The van der Waals surface area contributed by atoms with E-state index < -0.39 is 0 Å². The fourth-order valence-electron chi connectivity index (χ4n) is 1.55. The van der Waals surface area contributed by atoms with Crippen molar-refractivity contribution in [2.24, 2.45) is 7.05 Å². The first-order chi connectivity index (χ1) is 8.15. The van der Waals surface area contributed by atoms with Gasteiger partial charge in [-0.3, -0.25) is 4.79 Å². The van der Waals surface area contributed by atoms with Crippen molar-refractivity contribution in [3.63, 3.8) is 0 Å². The molecular formula is C11H13N3O3. The summed E-state index contributed by atoms with van der Waals surface area (Å²) in [6, 6.07) is 3.32. The van der Waals surface area contributed by atoms with Crippen molar-refractivity contribution in [3.8, 4) is 11.5 Å². The second-order valence-corrected chi connectivity index (χ2v) is 3.53. The smallest absolute Gasteiger partial charge is 0.310 e. The van der Waals surface area contributed by atoms with Gasteiger partial charge in [0.2, 0.25) is 0 Å². The highest BCUT2D eigenvalue weighted by Crippen LogP contribution is 2.29. The Balaban J connectivity index is 2.49. The Morgan fingerprint density at radius 1 is 1.47 bits per heavy atom. The van der Waals surface area contributed by atoms with Crippen molar-refractivity contribution in [1.82, 2.24) is 15.0 Å². The van der Waals surface area contributed by atoms with E-state index in [1.165, 1.54) is 0 Å². The second kappa shape index (κ2) is 4.40. The van der Waals surface area contributed by atoms with Crippen LogP contribution in [0.4, 0.5) is 0 Å². The molecule has 0 aliphatic heterocycles. The van der Waals surface area contributed by atoms with Gasteiger partial charge in [0, 0.05) is 25.6 Å². The highest BCUT2D eigenvalue weighted by molar-refractivity contribution is 5.84. The van der Waals surface area contributed by atoms with Crippen LogP contribution in [0.5, 0.6) is 11.5 Å². The third-order valence-corrected chi connectivity index (χ3v) is 2.38. The van der Waals surface area contributed by atoms with Crippen LogP contribution >= 0.6 is 0 Å². The summed E-state index contributed by atoms with van der Waals surface area (Å²) in [6.45, 7) is 1.74. The Kier molecular flexibility index (Phi) is 2.95. The van der Waals surface area contributed by atoms with Crippen LogP contribution in [0, 0.1) is 0 Å². The van der Waals surface area contributed by atoms with Crippen LogP contribution in [0.2, 0.25) is 0 Å². The maximum absolute atomic E-state index is 11.2. The van der Waals surface area contributed by atoms with E-state index >= 15 is 0 Å². The predicted octanol–water partition coefficient (Wildman–Crippen LogP) is 1.29. The van der Waals surface area contributed by atoms with E-state index in [1.54, 1.807) is 37.9 Å². The third kappa shape index (κ3) is 2.06. The summed E-state index contributed by atoms with van der Waals surface area (Å²) >= 11 is 0. The number of carbonyl (C=O) groups excluding carboxylic acids is 1. The summed E-state index contributed by atoms with van der Waals surface area (Å²) in [4.78, 5) is 11.2. The largest absolute Gasteiger partial charge is 0.494 e. The van der Waals surface area contributed by atoms with Crippen molar-refractivity contribution >= 4 is 17.0 Å². The minimum atomic E-state index is -0.296. The zero-order valence-electron chi connectivity index (χ0n) is 9.93. The summed E-state index contributed by atoms with van der Waals surface area (Å²) in [6.07, 6.45) is 0.320. The molecule has 90 valence electrons. The SMILES string of the molecule is CCC(=O)Oc1cc(OC)c2c(c1)nnn2C. The van der Waals surface area contributed by atoms with Gasteiger partial charge in [-0.15, -0.1) is 5.10 Å². The fourth-order valence-corrected chi connectivity index (χ4v) is 1.55. The minimum absolute atomic E-state index is 0.296. The monoisotopic (exact) mass is 235 g/mol. The molecule has 0 amide bonds. The molecular weight excluding hydrogens is 222 g/mol. The Hall–Kier alpha value is -2.11. The number of nitrogens with zero attached hydrogens (tertiary/aromatic N) is 3. The van der Waals surface area contributed by atoms with Gasteiger partial charge in [0.25, 0.3) is 0 Å². The van der Waals surface area contributed by atoms with Crippen LogP contribution in [0.15, 0.2) is 12.1 Å². The number of aryl methyl sites for hydroxylation is 1. The van der Waals surface area contributed by atoms with Gasteiger partial charge in [-0.2, -0.15) is 0 Å². The summed E-state index contributed by atoms with van der Waals surface area (Å²) in [7, 11) is 3.32. The van der Waals surface area contributed by atoms with Crippen molar-refractivity contribution in [2.45, 2.75) is 13.3 Å². The number of hydrogen-bond acceptors (Lipinski definition) is 5. The molecule has 0 aliphatic rings. The predicted molar refractivity (Wildman–Crippen MR) is 61.0 cm³/mol. The average Bonchev–Trinajstić information content (AvgIpc) is 2.70. The van der Waals surface area contributed by atoms with Crippen molar-refractivity contribution in [3.05, 3.63) is 12.1 Å². The molecule has 0 unspecified atom stereocenters. The number of benzene rings is 1. The van der Waals surface area contributed by atoms with Crippen LogP contribution in [0.1, 0.15) is 13.3 Å². The molecule has 1 aromatic heterocycles. The van der Waals surface area contributed by atoms with Gasteiger partial charge < -0.3 is 9.47 Å². The molecule has 2 rings (SSSR count). The fraction of sp³-hybridized carbons (Fsp3) is 0.364. The molecule has 0 radical (unpaired) electrons. The molecule has 0 atom stereocenters. The van der Waals surface area contributed by atoms with E-state index in [1.807, 2.05) is 0 Å². The van der Waals surface area contributed by atoms with Gasteiger partial charge in [-0.05, 0) is 0 Å². The number of rotatable bonds is 3. The Morgan fingerprint density at radius 3 is 2.88 bits per heavy atom. The van der Waals surface area contributed by atoms with Gasteiger partial charge in [0.1, 0.15) is 22.5 Å². The first-order valence-corrected chi connectivity index (χ1v) is 5.23. The number of methoxy groups -OCH3 is 1. The normalized spacial score (nSPS) is 10.5. The Labute approximate surface area is 98.1 Å². The standard InChI is InChI=1S/C11H13N3O3/c1-4-10(15)17-7-5-8-11(9(6-7)16-3)14(2)13-12-8/h5-6H,4H2,1-3H3. The molecule has 0 saturated carbocycles. The first kappa shape index (κ1) is 11.4. The van der Waals surface area contributed by atoms with E-state index in [0.29, 0.717) is 23.4 Å². The number of carbonyl (C=O) groups is 1. The molecule has 6 heteroatoms. The quantitative estimate of drug-likeness (QED) is 0.592. The molecule has 0 bridgehead atoms. The van der Waals surface area contributed by atoms with Crippen molar-refractivity contribution < 1.29 is 14.3 Å². The number of fused-ring (bicyclic) bond motifs is 1. The van der Waals surface area contributed by atoms with E-state index in [4.69, 9.17) is 9.47 Å². The highest BCUT2D eigenvalue weighted by atomic mass is 16.5. The molecule has 1 aromatic carbocycles. The van der Waals surface area contributed by atoms with Gasteiger partial charge >= 0.3 is 5.97 Å².